The maximum absolute atomic E-state index is 6.40. The number of nitrogens with two attached hydrogens (primary N) is 2. The molecule has 2 aliphatic heterocycles. The van der Waals surface area contributed by atoms with Gasteiger partial charge >= 0.3 is 0 Å². The molecule has 2 aliphatic rings. The highest BCUT2D eigenvalue weighted by molar-refractivity contribution is 5.58. The molecule has 0 radical (unpaired) electrons. The molecule has 2 fully saturated rings. The molecule has 1 atom stereocenters. The number of rotatable bonds is 5. The van der Waals surface area contributed by atoms with Crippen LogP contribution in [0.1, 0.15) is 24.8 Å². The summed E-state index contributed by atoms with van der Waals surface area (Å²) in [7, 11) is 0. The fourth-order valence-corrected chi connectivity index (χ4v) is 3.94. The lowest BCUT2D eigenvalue weighted by molar-refractivity contribution is 0.250. The third-order valence-electron chi connectivity index (χ3n) is 5.40. The van der Waals surface area contributed by atoms with Gasteiger partial charge in [-0.1, -0.05) is 0 Å². The van der Waals surface area contributed by atoms with Gasteiger partial charge in [-0.3, -0.25) is 4.90 Å². The largest absolute Gasteiger partial charge is 0.399 e. The van der Waals surface area contributed by atoms with Gasteiger partial charge in [0.05, 0.1) is 0 Å². The van der Waals surface area contributed by atoms with Crippen LogP contribution in [0, 0.1) is 6.92 Å². The van der Waals surface area contributed by atoms with Crippen LogP contribution in [0.2, 0.25) is 0 Å². The lowest BCUT2D eigenvalue weighted by Gasteiger charge is -2.25. The molecule has 5 heteroatoms. The highest BCUT2D eigenvalue weighted by atomic mass is 15.2. The summed E-state index contributed by atoms with van der Waals surface area (Å²) >= 11 is 0. The maximum atomic E-state index is 6.40. The summed E-state index contributed by atoms with van der Waals surface area (Å²) in [4.78, 5) is 7.56. The molecule has 0 spiro atoms. The second-order valence-corrected chi connectivity index (χ2v) is 7.45. The van der Waals surface area contributed by atoms with Gasteiger partial charge in [-0.15, -0.1) is 0 Å². The summed E-state index contributed by atoms with van der Waals surface area (Å²) in [5.41, 5.74) is 15.6. The Morgan fingerprint density at radius 2 is 1.75 bits per heavy atom. The zero-order valence-electron chi connectivity index (χ0n) is 15.1. The van der Waals surface area contributed by atoms with Gasteiger partial charge in [0.25, 0.3) is 0 Å². The molecule has 3 rings (SSSR count). The molecular formula is C19H33N5. The monoisotopic (exact) mass is 331 g/mol. The van der Waals surface area contributed by atoms with E-state index in [1.165, 1.54) is 51.1 Å². The highest BCUT2D eigenvalue weighted by Crippen LogP contribution is 2.21. The summed E-state index contributed by atoms with van der Waals surface area (Å²) in [6, 6.07) is 6.52. The predicted molar refractivity (Wildman–Crippen MR) is 103 cm³/mol. The zero-order chi connectivity index (χ0) is 16.9. The first-order valence-corrected chi connectivity index (χ1v) is 9.43. The fraction of sp³-hybridized carbons (Fsp3) is 0.684. The second-order valence-electron chi connectivity index (χ2n) is 7.45. The van der Waals surface area contributed by atoms with E-state index in [9.17, 15) is 0 Å². The average Bonchev–Trinajstić information content (AvgIpc) is 2.99. The molecule has 5 nitrogen and oxygen atoms in total. The van der Waals surface area contributed by atoms with Crippen LogP contribution in [-0.4, -0.2) is 68.2 Å². The highest BCUT2D eigenvalue weighted by Gasteiger charge is 2.21. The third-order valence-corrected chi connectivity index (χ3v) is 5.40. The second kappa shape index (κ2) is 8.19. The van der Waals surface area contributed by atoms with Crippen LogP contribution < -0.4 is 16.4 Å². The molecule has 2 saturated heterocycles. The first-order chi connectivity index (χ1) is 11.6. The fourth-order valence-electron chi connectivity index (χ4n) is 3.94. The van der Waals surface area contributed by atoms with Crippen molar-refractivity contribution >= 4 is 11.4 Å². The van der Waals surface area contributed by atoms with E-state index in [4.69, 9.17) is 11.5 Å². The summed E-state index contributed by atoms with van der Waals surface area (Å²) in [5.74, 6) is 0. The van der Waals surface area contributed by atoms with Crippen LogP contribution >= 0.6 is 0 Å². The van der Waals surface area contributed by atoms with Crippen LogP contribution in [0.4, 0.5) is 11.4 Å². The Hall–Kier alpha value is -1.30. The Balaban J connectivity index is 1.51. The smallest absolute Gasteiger partial charge is 0.0371 e. The van der Waals surface area contributed by atoms with Gasteiger partial charge in [-0.25, -0.2) is 0 Å². The van der Waals surface area contributed by atoms with E-state index in [1.54, 1.807) is 0 Å². The predicted octanol–water partition coefficient (Wildman–Crippen LogP) is 1.51. The molecule has 0 aromatic heterocycles. The molecular weight excluding hydrogens is 298 g/mol. The van der Waals surface area contributed by atoms with Crippen molar-refractivity contribution in [1.29, 1.82) is 0 Å². The number of nitrogen functional groups attached to an aromatic ring is 1. The van der Waals surface area contributed by atoms with Crippen LogP contribution in [0.15, 0.2) is 18.2 Å². The molecule has 134 valence electrons. The summed E-state index contributed by atoms with van der Waals surface area (Å²) in [6.45, 7) is 11.1. The number of hydrogen-bond donors (Lipinski definition) is 2. The first-order valence-electron chi connectivity index (χ1n) is 9.43. The molecule has 2 heterocycles. The SMILES string of the molecule is Cc1cc(N2CCN(CCCN3CCCC3)CC(N)C2)ccc1N. The van der Waals surface area contributed by atoms with E-state index in [0.717, 1.165) is 37.4 Å². The molecule has 0 saturated carbocycles. The van der Waals surface area contributed by atoms with Crippen molar-refractivity contribution in [2.45, 2.75) is 32.2 Å². The minimum atomic E-state index is 0.206. The van der Waals surface area contributed by atoms with Crippen molar-refractivity contribution in [2.75, 3.05) is 63.0 Å². The summed E-state index contributed by atoms with van der Waals surface area (Å²) in [5, 5.41) is 0. The van der Waals surface area contributed by atoms with E-state index in [1.807, 2.05) is 6.07 Å². The number of hydrogen-bond acceptors (Lipinski definition) is 5. The maximum Gasteiger partial charge on any atom is 0.0371 e. The van der Waals surface area contributed by atoms with E-state index in [2.05, 4.69) is 33.8 Å². The van der Waals surface area contributed by atoms with Crippen molar-refractivity contribution in [2.24, 2.45) is 5.73 Å². The Morgan fingerprint density at radius 1 is 1.00 bits per heavy atom. The van der Waals surface area contributed by atoms with Crippen molar-refractivity contribution < 1.29 is 0 Å². The molecule has 4 N–H and O–H groups in total. The standard InChI is InChI=1S/C19H33N5/c1-16-13-18(5-6-19(16)21)24-12-11-23(14-17(20)15-24)10-4-9-22-7-2-3-8-22/h5-6,13,17H,2-4,7-12,14-15,20-21H2,1H3. The van der Waals surface area contributed by atoms with E-state index in [-0.39, 0.29) is 6.04 Å². The van der Waals surface area contributed by atoms with Gasteiger partial charge in [0.2, 0.25) is 0 Å². The van der Waals surface area contributed by atoms with Crippen LogP contribution in [-0.2, 0) is 0 Å². The zero-order valence-corrected chi connectivity index (χ0v) is 15.1. The van der Waals surface area contributed by atoms with Crippen LogP contribution in [0.3, 0.4) is 0 Å². The summed E-state index contributed by atoms with van der Waals surface area (Å²) in [6.07, 6.45) is 4.02. The Bertz CT molecular complexity index is 526. The molecule has 1 aromatic rings. The van der Waals surface area contributed by atoms with Gasteiger partial charge in [-0.2, -0.15) is 0 Å². The van der Waals surface area contributed by atoms with Crippen LogP contribution in [0.25, 0.3) is 0 Å². The Morgan fingerprint density at radius 3 is 2.50 bits per heavy atom. The van der Waals surface area contributed by atoms with E-state index in [0.29, 0.717) is 0 Å². The number of benzene rings is 1. The number of likely N-dealkylation sites (tertiary alicyclic amines) is 1. The number of nitrogens with zero attached hydrogens (tertiary/aromatic N) is 3. The van der Waals surface area contributed by atoms with Gasteiger partial charge in [0.1, 0.15) is 0 Å². The summed E-state index contributed by atoms with van der Waals surface area (Å²) < 4.78 is 0. The van der Waals surface area contributed by atoms with Gasteiger partial charge in [-0.05, 0) is 76.1 Å². The van der Waals surface area contributed by atoms with Crippen molar-refractivity contribution in [1.82, 2.24) is 9.80 Å². The minimum absolute atomic E-state index is 0.206. The van der Waals surface area contributed by atoms with Crippen molar-refractivity contribution in [3.05, 3.63) is 23.8 Å². The topological polar surface area (TPSA) is 61.8 Å². The van der Waals surface area contributed by atoms with Gasteiger partial charge in [0.15, 0.2) is 0 Å². The lowest BCUT2D eigenvalue weighted by Crippen LogP contribution is -2.40. The lowest BCUT2D eigenvalue weighted by atomic mass is 10.1. The van der Waals surface area contributed by atoms with Crippen LogP contribution in [0.5, 0.6) is 0 Å². The van der Waals surface area contributed by atoms with Crippen molar-refractivity contribution in [3.8, 4) is 0 Å². The van der Waals surface area contributed by atoms with Gasteiger partial charge < -0.3 is 21.3 Å². The molecule has 1 aromatic carbocycles. The first kappa shape index (κ1) is 17.5. The van der Waals surface area contributed by atoms with E-state index >= 15 is 0 Å². The quantitative estimate of drug-likeness (QED) is 0.801. The molecule has 0 bridgehead atoms. The number of anilines is 2. The Kier molecular flexibility index (Phi) is 5.98. The van der Waals surface area contributed by atoms with Crippen molar-refractivity contribution in [3.63, 3.8) is 0 Å². The van der Waals surface area contributed by atoms with Gasteiger partial charge in [0, 0.05) is 43.6 Å². The number of aryl methyl sites for hydroxylation is 1. The molecule has 0 aliphatic carbocycles. The molecule has 0 amide bonds. The molecule has 1 unspecified atom stereocenters. The normalized spacial score (nSPS) is 23.6. The van der Waals surface area contributed by atoms with E-state index < -0.39 is 0 Å². The third kappa shape index (κ3) is 4.62. The average molecular weight is 332 g/mol. The minimum Gasteiger partial charge on any atom is -0.399 e. The molecule has 24 heavy (non-hydrogen) atoms. The Labute approximate surface area is 146 Å².